The molecule has 1 saturated heterocycles. The van der Waals surface area contributed by atoms with Crippen LogP contribution in [0.4, 0.5) is 4.39 Å². The lowest BCUT2D eigenvalue weighted by Gasteiger charge is -2.19. The number of nitrogens with zero attached hydrogens (tertiary/aromatic N) is 4. The summed E-state index contributed by atoms with van der Waals surface area (Å²) in [7, 11) is 0. The number of likely N-dealkylation sites (tertiary alicyclic amines) is 1. The van der Waals surface area contributed by atoms with Gasteiger partial charge in [-0.2, -0.15) is 9.90 Å². The van der Waals surface area contributed by atoms with Crippen LogP contribution in [0.2, 0.25) is 0 Å². The van der Waals surface area contributed by atoms with E-state index >= 15 is 0 Å². The lowest BCUT2D eigenvalue weighted by atomic mass is 10.2. The number of carboxylic acids is 1. The predicted octanol–water partition coefficient (Wildman–Crippen LogP) is 1.10. The molecule has 0 radical (unpaired) electrons. The Kier molecular flexibility index (Phi) is 3.58. The van der Waals surface area contributed by atoms with Gasteiger partial charge in [0.2, 0.25) is 0 Å². The molecule has 1 aromatic carbocycles. The third kappa shape index (κ3) is 2.54. The zero-order valence-corrected chi connectivity index (χ0v) is 11.5. The van der Waals surface area contributed by atoms with Crippen LogP contribution in [0, 0.1) is 5.82 Å². The topological polar surface area (TPSA) is 88.3 Å². The number of hydrogen-bond donors (Lipinski definition) is 1. The van der Waals surface area contributed by atoms with Gasteiger partial charge in [0, 0.05) is 6.54 Å². The molecule has 1 N–H and O–H groups in total. The van der Waals surface area contributed by atoms with Crippen molar-refractivity contribution in [1.82, 2.24) is 19.9 Å². The SMILES string of the molecule is O=C(O)C1CCCN1C(=O)c1cnn(-c2ccc(F)cc2)n1. The minimum absolute atomic E-state index is 0.0671. The van der Waals surface area contributed by atoms with E-state index in [-0.39, 0.29) is 11.5 Å². The average molecular weight is 304 g/mol. The van der Waals surface area contributed by atoms with Crippen LogP contribution in [0.25, 0.3) is 5.69 Å². The van der Waals surface area contributed by atoms with Crippen LogP contribution < -0.4 is 0 Å². The number of benzene rings is 1. The Morgan fingerprint density at radius 2 is 2.00 bits per heavy atom. The fourth-order valence-corrected chi connectivity index (χ4v) is 2.47. The molecule has 1 aromatic heterocycles. The molecule has 1 unspecified atom stereocenters. The molecular formula is C14H13FN4O3. The van der Waals surface area contributed by atoms with Gasteiger partial charge in [-0.25, -0.2) is 9.18 Å². The number of rotatable bonds is 3. The maximum Gasteiger partial charge on any atom is 0.326 e. The van der Waals surface area contributed by atoms with E-state index in [0.29, 0.717) is 25.1 Å². The van der Waals surface area contributed by atoms with E-state index in [2.05, 4.69) is 10.2 Å². The molecule has 2 aromatic rings. The molecule has 2 heterocycles. The van der Waals surface area contributed by atoms with Crippen LogP contribution in [0.1, 0.15) is 23.3 Å². The molecule has 1 amide bonds. The van der Waals surface area contributed by atoms with E-state index < -0.39 is 17.9 Å². The first-order valence-electron chi connectivity index (χ1n) is 6.78. The molecule has 22 heavy (non-hydrogen) atoms. The van der Waals surface area contributed by atoms with Gasteiger partial charge in [-0.1, -0.05) is 0 Å². The maximum atomic E-state index is 12.9. The number of halogens is 1. The third-order valence-electron chi connectivity index (χ3n) is 3.57. The van der Waals surface area contributed by atoms with Crippen molar-refractivity contribution in [2.45, 2.75) is 18.9 Å². The predicted molar refractivity (Wildman–Crippen MR) is 73.0 cm³/mol. The highest BCUT2D eigenvalue weighted by atomic mass is 19.1. The molecule has 8 heteroatoms. The lowest BCUT2D eigenvalue weighted by Crippen LogP contribution is -2.40. The fraction of sp³-hybridized carbons (Fsp3) is 0.286. The highest BCUT2D eigenvalue weighted by Crippen LogP contribution is 2.19. The van der Waals surface area contributed by atoms with E-state index in [1.54, 1.807) is 0 Å². The Hall–Kier alpha value is -2.77. The fourth-order valence-electron chi connectivity index (χ4n) is 2.47. The summed E-state index contributed by atoms with van der Waals surface area (Å²) in [5.74, 6) is -1.86. The van der Waals surface area contributed by atoms with Gasteiger partial charge in [0.05, 0.1) is 11.9 Å². The summed E-state index contributed by atoms with van der Waals surface area (Å²) in [5, 5.41) is 17.1. The molecule has 3 rings (SSSR count). The standard InChI is InChI=1S/C14H13FN4O3/c15-9-3-5-10(6-4-9)19-16-8-11(17-19)13(20)18-7-1-2-12(18)14(21)22/h3-6,8,12H,1-2,7H2,(H,21,22). The molecular weight excluding hydrogens is 291 g/mol. The summed E-state index contributed by atoms with van der Waals surface area (Å²) < 4.78 is 12.9. The van der Waals surface area contributed by atoms with Crippen LogP contribution in [0.5, 0.6) is 0 Å². The second-order valence-electron chi connectivity index (χ2n) is 4.99. The van der Waals surface area contributed by atoms with E-state index in [1.165, 1.54) is 40.2 Å². The molecule has 1 atom stereocenters. The van der Waals surface area contributed by atoms with E-state index in [4.69, 9.17) is 5.11 Å². The van der Waals surface area contributed by atoms with Gasteiger partial charge in [-0.05, 0) is 37.1 Å². The first-order valence-corrected chi connectivity index (χ1v) is 6.78. The van der Waals surface area contributed by atoms with Crippen molar-refractivity contribution in [1.29, 1.82) is 0 Å². The Morgan fingerprint density at radius 1 is 1.27 bits per heavy atom. The number of amides is 1. The normalized spacial score (nSPS) is 17.7. The number of hydrogen-bond acceptors (Lipinski definition) is 4. The summed E-state index contributed by atoms with van der Waals surface area (Å²) in [6.07, 6.45) is 2.37. The van der Waals surface area contributed by atoms with Crippen molar-refractivity contribution < 1.29 is 19.1 Å². The Balaban J connectivity index is 1.82. The van der Waals surface area contributed by atoms with Gasteiger partial charge in [-0.3, -0.25) is 4.79 Å². The third-order valence-corrected chi connectivity index (χ3v) is 3.57. The minimum Gasteiger partial charge on any atom is -0.480 e. The Labute approximate surface area is 125 Å². The zero-order valence-electron chi connectivity index (χ0n) is 11.5. The summed E-state index contributed by atoms with van der Waals surface area (Å²) in [4.78, 5) is 26.0. The van der Waals surface area contributed by atoms with Crippen molar-refractivity contribution in [2.75, 3.05) is 6.54 Å². The van der Waals surface area contributed by atoms with Gasteiger partial charge >= 0.3 is 5.97 Å². The molecule has 1 aliphatic rings. The number of carboxylic acid groups (broad SMARTS) is 1. The Bertz CT molecular complexity index is 713. The van der Waals surface area contributed by atoms with Crippen molar-refractivity contribution in [2.24, 2.45) is 0 Å². The molecule has 1 aliphatic heterocycles. The van der Waals surface area contributed by atoms with Gasteiger partial charge < -0.3 is 10.0 Å². The first kappa shape index (κ1) is 14.2. The van der Waals surface area contributed by atoms with E-state index in [9.17, 15) is 14.0 Å². The molecule has 0 spiro atoms. The van der Waals surface area contributed by atoms with Crippen LogP contribution >= 0.6 is 0 Å². The first-order chi connectivity index (χ1) is 10.6. The molecule has 114 valence electrons. The summed E-state index contributed by atoms with van der Waals surface area (Å²) in [6.45, 7) is 0.388. The molecule has 0 saturated carbocycles. The summed E-state index contributed by atoms with van der Waals surface area (Å²) in [6, 6.07) is 4.68. The van der Waals surface area contributed by atoms with Crippen LogP contribution in [-0.4, -0.2) is 49.5 Å². The van der Waals surface area contributed by atoms with E-state index in [0.717, 1.165) is 0 Å². The number of carbonyl (C=O) groups is 2. The summed E-state index contributed by atoms with van der Waals surface area (Å²) >= 11 is 0. The second-order valence-corrected chi connectivity index (χ2v) is 4.99. The van der Waals surface area contributed by atoms with Crippen molar-refractivity contribution in [3.05, 3.63) is 42.0 Å². The molecule has 1 fully saturated rings. The second kappa shape index (κ2) is 5.55. The minimum atomic E-state index is -1.02. The van der Waals surface area contributed by atoms with Crippen molar-refractivity contribution >= 4 is 11.9 Å². The summed E-state index contributed by atoms with van der Waals surface area (Å²) in [5.41, 5.74) is 0.578. The molecule has 7 nitrogen and oxygen atoms in total. The average Bonchev–Trinajstić information content (AvgIpc) is 3.17. The molecule has 0 aliphatic carbocycles. The smallest absolute Gasteiger partial charge is 0.326 e. The molecule has 0 bridgehead atoms. The van der Waals surface area contributed by atoms with E-state index in [1.807, 2.05) is 0 Å². The maximum absolute atomic E-state index is 12.9. The number of carbonyl (C=O) groups excluding carboxylic acids is 1. The van der Waals surface area contributed by atoms with Crippen molar-refractivity contribution in [3.8, 4) is 5.69 Å². The Morgan fingerprint density at radius 3 is 2.68 bits per heavy atom. The van der Waals surface area contributed by atoms with Gasteiger partial charge in [0.15, 0.2) is 5.69 Å². The van der Waals surface area contributed by atoms with Crippen LogP contribution in [0.3, 0.4) is 0 Å². The van der Waals surface area contributed by atoms with Gasteiger partial charge in [0.25, 0.3) is 5.91 Å². The van der Waals surface area contributed by atoms with Gasteiger partial charge in [-0.15, -0.1) is 5.10 Å². The van der Waals surface area contributed by atoms with Crippen molar-refractivity contribution in [3.63, 3.8) is 0 Å². The number of aromatic nitrogens is 3. The highest BCUT2D eigenvalue weighted by molar-refractivity contribution is 5.95. The zero-order chi connectivity index (χ0) is 15.7. The number of aliphatic carboxylic acids is 1. The quantitative estimate of drug-likeness (QED) is 0.917. The van der Waals surface area contributed by atoms with Gasteiger partial charge in [0.1, 0.15) is 11.9 Å². The highest BCUT2D eigenvalue weighted by Gasteiger charge is 2.35. The van der Waals surface area contributed by atoms with Crippen LogP contribution in [0.15, 0.2) is 30.5 Å². The monoisotopic (exact) mass is 304 g/mol. The van der Waals surface area contributed by atoms with Crippen LogP contribution in [-0.2, 0) is 4.79 Å². The largest absolute Gasteiger partial charge is 0.480 e. The lowest BCUT2D eigenvalue weighted by molar-refractivity contribution is -0.141.